The highest BCUT2D eigenvalue weighted by molar-refractivity contribution is 5.68. The highest BCUT2D eigenvalue weighted by Crippen LogP contribution is 2.23. The minimum atomic E-state index is -1.54. The molecule has 0 aromatic heterocycles. The summed E-state index contributed by atoms with van der Waals surface area (Å²) in [5.41, 5.74) is 0. The summed E-state index contributed by atoms with van der Waals surface area (Å²) < 4.78 is 42.3. The Bertz CT molecular complexity index is 365. The van der Waals surface area contributed by atoms with Gasteiger partial charge >= 0.3 is 5.97 Å². The summed E-state index contributed by atoms with van der Waals surface area (Å²) in [6.07, 6.45) is 0. The molecule has 1 aromatic rings. The second-order valence-electron chi connectivity index (χ2n) is 2.35. The summed E-state index contributed by atoms with van der Waals surface area (Å²) in [6.45, 7) is -0.933. The van der Waals surface area contributed by atoms with Crippen LogP contribution in [-0.4, -0.2) is 17.7 Å². The van der Waals surface area contributed by atoms with E-state index in [9.17, 15) is 18.0 Å². The maximum absolute atomic E-state index is 12.8. The van der Waals surface area contributed by atoms with Crippen LogP contribution in [0, 0.1) is 17.5 Å². The molecule has 0 unspecified atom stereocenters. The molecular weight excluding hydrogens is 201 g/mol. The van der Waals surface area contributed by atoms with Crippen molar-refractivity contribution < 1.29 is 27.8 Å². The third kappa shape index (κ3) is 2.15. The number of carboxylic acid groups (broad SMARTS) is 1. The number of ether oxygens (including phenoxy) is 1. The van der Waals surface area contributed by atoms with Gasteiger partial charge < -0.3 is 9.84 Å². The molecule has 14 heavy (non-hydrogen) atoms. The van der Waals surface area contributed by atoms with Gasteiger partial charge in [-0.1, -0.05) is 0 Å². The Labute approximate surface area is 76.7 Å². The number of benzene rings is 1. The molecule has 0 aliphatic heterocycles. The van der Waals surface area contributed by atoms with E-state index in [1.807, 2.05) is 0 Å². The van der Waals surface area contributed by atoms with Crippen molar-refractivity contribution in [2.75, 3.05) is 6.61 Å². The van der Waals surface area contributed by atoms with Gasteiger partial charge in [-0.3, -0.25) is 0 Å². The summed E-state index contributed by atoms with van der Waals surface area (Å²) in [6, 6.07) is 1.23. The second kappa shape index (κ2) is 3.99. The Morgan fingerprint density at radius 3 is 2.43 bits per heavy atom. The van der Waals surface area contributed by atoms with Crippen molar-refractivity contribution in [3.8, 4) is 5.75 Å². The third-order valence-electron chi connectivity index (χ3n) is 1.34. The van der Waals surface area contributed by atoms with Gasteiger partial charge in [0.05, 0.1) is 0 Å². The van der Waals surface area contributed by atoms with Gasteiger partial charge in [0.15, 0.2) is 24.0 Å². The van der Waals surface area contributed by atoms with E-state index >= 15 is 0 Å². The lowest BCUT2D eigenvalue weighted by molar-refractivity contribution is -0.139. The van der Waals surface area contributed by atoms with E-state index < -0.39 is 35.8 Å². The summed E-state index contributed by atoms with van der Waals surface area (Å²) in [5, 5.41) is 8.16. The highest BCUT2D eigenvalue weighted by Gasteiger charge is 2.15. The van der Waals surface area contributed by atoms with Crippen molar-refractivity contribution in [2.45, 2.75) is 0 Å². The molecule has 0 saturated carbocycles. The number of aliphatic carboxylic acids is 1. The van der Waals surface area contributed by atoms with Crippen LogP contribution in [0.3, 0.4) is 0 Å². The topological polar surface area (TPSA) is 46.5 Å². The fourth-order valence-corrected chi connectivity index (χ4v) is 0.775. The fourth-order valence-electron chi connectivity index (χ4n) is 0.775. The summed E-state index contributed by atoms with van der Waals surface area (Å²) >= 11 is 0. The van der Waals surface area contributed by atoms with Crippen molar-refractivity contribution >= 4 is 5.97 Å². The zero-order valence-corrected chi connectivity index (χ0v) is 6.76. The normalized spacial score (nSPS) is 9.93. The van der Waals surface area contributed by atoms with Crippen molar-refractivity contribution in [3.63, 3.8) is 0 Å². The van der Waals surface area contributed by atoms with Crippen LogP contribution in [0.15, 0.2) is 12.1 Å². The maximum Gasteiger partial charge on any atom is 0.341 e. The number of carbonyl (C=O) groups is 1. The molecule has 0 saturated heterocycles. The lowest BCUT2D eigenvalue weighted by atomic mass is 10.3. The molecule has 1 N–H and O–H groups in total. The Kier molecular flexibility index (Phi) is 2.95. The van der Waals surface area contributed by atoms with E-state index in [1.54, 1.807) is 0 Å². The standard InChI is InChI=1S/C8H5F3O3/c9-4-1-2-5(10)8(7(4)11)14-3-6(12)13/h1-2H,3H2,(H,12,13). The van der Waals surface area contributed by atoms with Gasteiger partial charge in [0.2, 0.25) is 5.82 Å². The maximum atomic E-state index is 12.8. The lowest BCUT2D eigenvalue weighted by Crippen LogP contribution is -2.11. The van der Waals surface area contributed by atoms with Crippen LogP contribution in [-0.2, 0) is 4.79 Å². The number of rotatable bonds is 3. The first-order valence-electron chi connectivity index (χ1n) is 3.50. The average molecular weight is 206 g/mol. The number of halogens is 3. The molecule has 0 amide bonds. The molecule has 0 heterocycles. The van der Waals surface area contributed by atoms with Gasteiger partial charge in [-0.25, -0.2) is 13.6 Å². The first kappa shape index (κ1) is 10.4. The summed E-state index contributed by atoms with van der Waals surface area (Å²) in [7, 11) is 0. The third-order valence-corrected chi connectivity index (χ3v) is 1.34. The first-order valence-corrected chi connectivity index (χ1v) is 3.50. The van der Waals surface area contributed by atoms with Crippen molar-refractivity contribution in [1.82, 2.24) is 0 Å². The second-order valence-corrected chi connectivity index (χ2v) is 2.35. The number of hydrogen-bond acceptors (Lipinski definition) is 2. The van der Waals surface area contributed by atoms with Crippen LogP contribution < -0.4 is 4.74 Å². The summed E-state index contributed by atoms with van der Waals surface area (Å²) in [4.78, 5) is 10.0. The fraction of sp³-hybridized carbons (Fsp3) is 0.125. The molecule has 3 nitrogen and oxygen atoms in total. The monoisotopic (exact) mass is 206 g/mol. The minimum absolute atomic E-state index is 0.582. The minimum Gasteiger partial charge on any atom is -0.479 e. The first-order chi connectivity index (χ1) is 6.52. The predicted octanol–water partition coefficient (Wildman–Crippen LogP) is 1.57. The van der Waals surface area contributed by atoms with Crippen LogP contribution >= 0.6 is 0 Å². The van der Waals surface area contributed by atoms with E-state index in [2.05, 4.69) is 4.74 Å². The van der Waals surface area contributed by atoms with Crippen LogP contribution in [0.4, 0.5) is 13.2 Å². The Balaban J connectivity index is 2.95. The lowest BCUT2D eigenvalue weighted by Gasteiger charge is -2.05. The van der Waals surface area contributed by atoms with Crippen LogP contribution in [0.2, 0.25) is 0 Å². The van der Waals surface area contributed by atoms with Crippen LogP contribution in [0.25, 0.3) is 0 Å². The number of hydrogen-bond donors (Lipinski definition) is 1. The highest BCUT2D eigenvalue weighted by atomic mass is 19.2. The smallest absolute Gasteiger partial charge is 0.341 e. The van der Waals surface area contributed by atoms with Gasteiger partial charge in [-0.2, -0.15) is 4.39 Å². The molecule has 6 heteroatoms. The van der Waals surface area contributed by atoms with Crippen LogP contribution in [0.5, 0.6) is 5.75 Å². The molecular formula is C8H5F3O3. The van der Waals surface area contributed by atoms with Crippen LogP contribution in [0.1, 0.15) is 0 Å². The number of carboxylic acids is 1. The molecule has 0 aliphatic carbocycles. The molecule has 1 rings (SSSR count). The Morgan fingerprint density at radius 1 is 1.29 bits per heavy atom. The molecule has 0 aliphatic rings. The van der Waals surface area contributed by atoms with Gasteiger partial charge in [-0.05, 0) is 12.1 Å². The summed E-state index contributed by atoms with van der Waals surface area (Å²) in [5.74, 6) is -6.41. The van der Waals surface area contributed by atoms with Gasteiger partial charge in [0, 0.05) is 0 Å². The van der Waals surface area contributed by atoms with Crippen molar-refractivity contribution in [1.29, 1.82) is 0 Å². The van der Waals surface area contributed by atoms with E-state index in [1.165, 1.54) is 0 Å². The van der Waals surface area contributed by atoms with E-state index in [0.717, 1.165) is 0 Å². The average Bonchev–Trinajstić information content (AvgIpc) is 2.11. The molecule has 0 fully saturated rings. The zero-order valence-electron chi connectivity index (χ0n) is 6.76. The van der Waals surface area contributed by atoms with E-state index in [0.29, 0.717) is 12.1 Å². The quantitative estimate of drug-likeness (QED) is 0.763. The van der Waals surface area contributed by atoms with Gasteiger partial charge in [0.25, 0.3) is 0 Å². The van der Waals surface area contributed by atoms with Gasteiger partial charge in [0.1, 0.15) is 0 Å². The van der Waals surface area contributed by atoms with E-state index in [4.69, 9.17) is 5.11 Å². The molecule has 76 valence electrons. The zero-order chi connectivity index (χ0) is 10.7. The largest absolute Gasteiger partial charge is 0.479 e. The predicted molar refractivity (Wildman–Crippen MR) is 39.4 cm³/mol. The SMILES string of the molecule is O=C(O)COc1c(F)ccc(F)c1F. The Hall–Kier alpha value is -1.72. The Morgan fingerprint density at radius 2 is 1.86 bits per heavy atom. The van der Waals surface area contributed by atoms with Crippen molar-refractivity contribution in [3.05, 3.63) is 29.6 Å². The molecule has 0 spiro atoms. The molecule has 1 aromatic carbocycles. The van der Waals surface area contributed by atoms with E-state index in [-0.39, 0.29) is 0 Å². The van der Waals surface area contributed by atoms with Gasteiger partial charge in [-0.15, -0.1) is 0 Å². The molecule has 0 atom stereocenters. The molecule has 0 radical (unpaired) electrons. The van der Waals surface area contributed by atoms with Crippen molar-refractivity contribution in [2.24, 2.45) is 0 Å². The molecule has 0 bridgehead atoms.